The average molecular weight is 317 g/mol. The summed E-state index contributed by atoms with van der Waals surface area (Å²) in [7, 11) is -1.54. The Bertz CT molecular complexity index is 507. The Morgan fingerprint density at radius 3 is 2.80 bits per heavy atom. The molecule has 0 aliphatic carbocycles. The van der Waals surface area contributed by atoms with Gasteiger partial charge in [-0.3, -0.25) is 0 Å². The molecule has 0 atom stereocenters. The molecule has 7 heteroatoms. The summed E-state index contributed by atoms with van der Waals surface area (Å²) >= 11 is 1.47. The maximum atomic E-state index is 12.2. The number of hydrogen-bond donors (Lipinski definition) is 2. The number of likely N-dealkylation sites (tertiary alicyclic amines) is 1. The molecule has 1 saturated heterocycles. The van der Waals surface area contributed by atoms with E-state index in [2.05, 4.69) is 14.9 Å². The molecule has 0 spiro atoms. The van der Waals surface area contributed by atoms with E-state index in [0.717, 1.165) is 30.9 Å². The van der Waals surface area contributed by atoms with E-state index < -0.39 is 10.0 Å². The van der Waals surface area contributed by atoms with E-state index in [4.69, 9.17) is 0 Å². The predicted molar refractivity (Wildman–Crippen MR) is 82.6 cm³/mol. The second-order valence-corrected chi connectivity index (χ2v) is 7.77. The molecule has 0 amide bonds. The van der Waals surface area contributed by atoms with E-state index in [1.807, 2.05) is 12.4 Å². The second kappa shape index (κ2) is 7.51. The number of thiophene rings is 1. The van der Waals surface area contributed by atoms with E-state index in [0.29, 0.717) is 18.0 Å². The highest BCUT2D eigenvalue weighted by atomic mass is 32.2. The van der Waals surface area contributed by atoms with Gasteiger partial charge < -0.3 is 10.2 Å². The Balaban J connectivity index is 1.82. The van der Waals surface area contributed by atoms with Crippen molar-refractivity contribution in [1.82, 2.24) is 14.9 Å². The lowest BCUT2D eigenvalue weighted by Crippen LogP contribution is -2.29. The van der Waals surface area contributed by atoms with Crippen LogP contribution in [0.4, 0.5) is 0 Å². The molecule has 5 nitrogen and oxygen atoms in total. The summed E-state index contributed by atoms with van der Waals surface area (Å²) in [6, 6.07) is 1.68. The van der Waals surface area contributed by atoms with Crippen LogP contribution in [0, 0.1) is 0 Å². The van der Waals surface area contributed by atoms with Crippen LogP contribution in [0.25, 0.3) is 0 Å². The molecule has 1 aromatic heterocycles. The normalized spacial score (nSPS) is 16.9. The summed E-state index contributed by atoms with van der Waals surface area (Å²) < 4.78 is 27.2. The van der Waals surface area contributed by atoms with Gasteiger partial charge in [-0.25, -0.2) is 13.1 Å². The minimum atomic E-state index is -3.36. The zero-order valence-corrected chi connectivity index (χ0v) is 13.5. The van der Waals surface area contributed by atoms with Gasteiger partial charge in [-0.15, -0.1) is 11.3 Å². The molecule has 20 heavy (non-hydrogen) atoms. The average Bonchev–Trinajstić information content (AvgIpc) is 3.06. The zero-order chi connectivity index (χ0) is 14.4. The lowest BCUT2D eigenvalue weighted by molar-refractivity contribution is 0.334. The van der Waals surface area contributed by atoms with Crippen molar-refractivity contribution in [2.45, 2.75) is 30.7 Å². The van der Waals surface area contributed by atoms with E-state index in [1.54, 1.807) is 6.07 Å². The van der Waals surface area contributed by atoms with E-state index >= 15 is 0 Å². The minimum Gasteiger partial charge on any atom is -0.315 e. The molecular weight excluding hydrogens is 294 g/mol. The van der Waals surface area contributed by atoms with Crippen molar-refractivity contribution in [1.29, 1.82) is 0 Å². The van der Waals surface area contributed by atoms with Crippen LogP contribution in [0.5, 0.6) is 0 Å². The van der Waals surface area contributed by atoms with Gasteiger partial charge in [0.2, 0.25) is 10.0 Å². The minimum absolute atomic E-state index is 0.415. The van der Waals surface area contributed by atoms with Gasteiger partial charge >= 0.3 is 0 Å². The van der Waals surface area contributed by atoms with Crippen LogP contribution in [-0.4, -0.2) is 46.5 Å². The van der Waals surface area contributed by atoms with Gasteiger partial charge in [-0.05, 0) is 57.4 Å². The van der Waals surface area contributed by atoms with Crippen LogP contribution in [0.2, 0.25) is 0 Å². The smallest absolute Gasteiger partial charge is 0.241 e. The molecule has 0 saturated carbocycles. The van der Waals surface area contributed by atoms with Crippen molar-refractivity contribution >= 4 is 21.4 Å². The Hall–Kier alpha value is -0.470. The predicted octanol–water partition coefficient (Wildman–Crippen LogP) is 1.23. The largest absolute Gasteiger partial charge is 0.315 e. The summed E-state index contributed by atoms with van der Waals surface area (Å²) in [6.45, 7) is 4.39. The summed E-state index contributed by atoms with van der Waals surface area (Å²) in [5, 5.41) is 4.82. The fourth-order valence-corrected chi connectivity index (χ4v) is 4.98. The highest BCUT2D eigenvalue weighted by molar-refractivity contribution is 7.89. The molecule has 0 bridgehead atoms. The molecule has 0 radical (unpaired) electrons. The van der Waals surface area contributed by atoms with E-state index in [-0.39, 0.29) is 0 Å². The first-order chi connectivity index (χ1) is 9.63. The summed E-state index contributed by atoms with van der Waals surface area (Å²) in [5.74, 6) is 0. The molecule has 0 aromatic carbocycles. The van der Waals surface area contributed by atoms with Crippen LogP contribution < -0.4 is 10.0 Å². The van der Waals surface area contributed by atoms with Gasteiger partial charge in [0.25, 0.3) is 0 Å². The topological polar surface area (TPSA) is 61.4 Å². The second-order valence-electron chi connectivity index (χ2n) is 5.04. The molecule has 2 heterocycles. The molecule has 1 aliphatic heterocycles. The zero-order valence-electron chi connectivity index (χ0n) is 11.9. The van der Waals surface area contributed by atoms with Gasteiger partial charge in [0.15, 0.2) is 0 Å². The molecule has 0 unspecified atom stereocenters. The number of nitrogens with one attached hydrogen (secondary N) is 2. The monoisotopic (exact) mass is 317 g/mol. The molecule has 114 valence electrons. The van der Waals surface area contributed by atoms with Crippen LogP contribution in [0.1, 0.15) is 24.1 Å². The Kier molecular flexibility index (Phi) is 5.98. The molecule has 2 N–H and O–H groups in total. The van der Waals surface area contributed by atoms with Crippen LogP contribution in [-0.2, 0) is 16.6 Å². The standard InChI is InChI=1S/C13H23N3O2S2/c1-14-11-12-13(5-10-19-12)20(17,18)15-6-4-9-16-7-2-3-8-16/h5,10,14-15H,2-4,6-9,11H2,1H3. The quantitative estimate of drug-likeness (QED) is 0.708. The van der Waals surface area contributed by atoms with Crippen molar-refractivity contribution in [2.24, 2.45) is 0 Å². The lowest BCUT2D eigenvalue weighted by Gasteiger charge is -2.14. The Labute approximate surface area is 125 Å². The molecular formula is C13H23N3O2S2. The van der Waals surface area contributed by atoms with Gasteiger partial charge in [0, 0.05) is 18.0 Å². The molecule has 1 aromatic rings. The first-order valence-corrected chi connectivity index (χ1v) is 9.43. The fourth-order valence-electron chi connectivity index (χ4n) is 2.45. The number of rotatable bonds is 8. The van der Waals surface area contributed by atoms with Crippen molar-refractivity contribution in [3.63, 3.8) is 0 Å². The maximum Gasteiger partial charge on any atom is 0.241 e. The fraction of sp³-hybridized carbons (Fsp3) is 0.692. The highest BCUT2D eigenvalue weighted by Crippen LogP contribution is 2.21. The third-order valence-corrected chi connectivity index (χ3v) is 6.07. The third kappa shape index (κ3) is 4.26. The Morgan fingerprint density at radius 1 is 1.35 bits per heavy atom. The van der Waals surface area contributed by atoms with Crippen molar-refractivity contribution < 1.29 is 8.42 Å². The summed E-state index contributed by atoms with van der Waals surface area (Å²) in [5.41, 5.74) is 0. The van der Waals surface area contributed by atoms with Crippen molar-refractivity contribution in [3.05, 3.63) is 16.3 Å². The van der Waals surface area contributed by atoms with Gasteiger partial charge in [0.05, 0.1) is 4.90 Å². The first kappa shape index (κ1) is 15.9. The highest BCUT2D eigenvalue weighted by Gasteiger charge is 2.19. The summed E-state index contributed by atoms with van der Waals surface area (Å²) in [4.78, 5) is 3.67. The number of sulfonamides is 1. The van der Waals surface area contributed by atoms with Crippen molar-refractivity contribution in [3.8, 4) is 0 Å². The van der Waals surface area contributed by atoms with E-state index in [9.17, 15) is 8.42 Å². The van der Waals surface area contributed by atoms with E-state index in [1.165, 1.54) is 24.2 Å². The van der Waals surface area contributed by atoms with Gasteiger partial charge in [-0.1, -0.05) is 0 Å². The molecule has 1 fully saturated rings. The molecule has 1 aliphatic rings. The first-order valence-electron chi connectivity index (χ1n) is 7.06. The summed E-state index contributed by atoms with van der Waals surface area (Å²) in [6.07, 6.45) is 3.41. The van der Waals surface area contributed by atoms with Crippen LogP contribution in [0.3, 0.4) is 0 Å². The Morgan fingerprint density at radius 2 is 2.10 bits per heavy atom. The SMILES string of the molecule is CNCc1sccc1S(=O)(=O)NCCCN1CCCC1. The van der Waals surface area contributed by atoms with Crippen LogP contribution in [0.15, 0.2) is 16.3 Å². The number of nitrogens with zero attached hydrogens (tertiary/aromatic N) is 1. The third-order valence-electron chi connectivity index (χ3n) is 3.47. The van der Waals surface area contributed by atoms with Gasteiger partial charge in [0.1, 0.15) is 0 Å². The number of hydrogen-bond acceptors (Lipinski definition) is 5. The van der Waals surface area contributed by atoms with Crippen molar-refractivity contribution in [2.75, 3.05) is 33.2 Å². The van der Waals surface area contributed by atoms with Gasteiger partial charge in [-0.2, -0.15) is 0 Å². The van der Waals surface area contributed by atoms with Crippen LogP contribution >= 0.6 is 11.3 Å². The maximum absolute atomic E-state index is 12.2. The molecule has 2 rings (SSSR count). The lowest BCUT2D eigenvalue weighted by atomic mass is 10.4.